The lowest BCUT2D eigenvalue weighted by atomic mass is 10.2. The fraction of sp³-hybridized carbons (Fsp3) is 0.857. The molecule has 1 saturated heterocycles. The van der Waals surface area contributed by atoms with Crippen LogP contribution in [0.4, 0.5) is 0 Å². The standard InChI is InChI=1S/C7H14N/c1-3-4-7(2)8-5-6-8/h7H,1,3-6H2,2H3. The van der Waals surface area contributed by atoms with Crippen LogP contribution in [0.25, 0.3) is 0 Å². The van der Waals surface area contributed by atoms with Gasteiger partial charge in [0.05, 0.1) is 0 Å². The lowest BCUT2D eigenvalue weighted by Crippen LogP contribution is -2.12. The average Bonchev–Trinajstić information content (AvgIpc) is 2.45. The van der Waals surface area contributed by atoms with Crippen LogP contribution in [0.5, 0.6) is 0 Å². The Bertz CT molecular complexity index is 66.8. The average molecular weight is 112 g/mol. The quantitative estimate of drug-likeness (QED) is 0.497. The summed E-state index contributed by atoms with van der Waals surface area (Å²) in [6.07, 6.45) is 2.34. The summed E-state index contributed by atoms with van der Waals surface area (Å²) in [6, 6.07) is 0.799. The van der Waals surface area contributed by atoms with Crippen LogP contribution >= 0.6 is 0 Å². The van der Waals surface area contributed by atoms with E-state index in [0.29, 0.717) is 0 Å². The number of rotatable bonds is 3. The molecule has 0 amide bonds. The molecule has 1 nitrogen and oxygen atoms in total. The van der Waals surface area contributed by atoms with E-state index >= 15 is 0 Å². The first-order valence-corrected chi connectivity index (χ1v) is 3.38. The van der Waals surface area contributed by atoms with Crippen LogP contribution in [-0.4, -0.2) is 24.0 Å². The van der Waals surface area contributed by atoms with Crippen LogP contribution in [-0.2, 0) is 0 Å². The van der Waals surface area contributed by atoms with Gasteiger partial charge in [0.25, 0.3) is 0 Å². The van der Waals surface area contributed by atoms with Gasteiger partial charge in [-0.25, -0.2) is 0 Å². The van der Waals surface area contributed by atoms with Crippen LogP contribution in [0.15, 0.2) is 0 Å². The van der Waals surface area contributed by atoms with Crippen LogP contribution in [0, 0.1) is 6.92 Å². The summed E-state index contributed by atoms with van der Waals surface area (Å²) in [5.74, 6) is 0. The van der Waals surface area contributed by atoms with Gasteiger partial charge in [-0.2, -0.15) is 0 Å². The molecule has 1 atom stereocenters. The SMILES string of the molecule is [CH2]CCC(C)N1CC1. The van der Waals surface area contributed by atoms with Gasteiger partial charge in [0.2, 0.25) is 0 Å². The summed E-state index contributed by atoms with van der Waals surface area (Å²) < 4.78 is 0. The third-order valence-electron chi connectivity index (χ3n) is 1.73. The minimum Gasteiger partial charge on any atom is -0.298 e. The largest absolute Gasteiger partial charge is 0.298 e. The molecule has 1 unspecified atom stereocenters. The van der Waals surface area contributed by atoms with Crippen molar-refractivity contribution >= 4 is 0 Å². The molecule has 0 aromatic rings. The first-order valence-electron chi connectivity index (χ1n) is 3.38. The summed E-state index contributed by atoms with van der Waals surface area (Å²) in [4.78, 5) is 2.46. The second-order valence-electron chi connectivity index (χ2n) is 2.53. The third kappa shape index (κ3) is 1.48. The maximum atomic E-state index is 3.81. The molecule has 0 spiro atoms. The van der Waals surface area contributed by atoms with Crippen LogP contribution < -0.4 is 0 Å². The predicted octanol–water partition coefficient (Wildman–Crippen LogP) is 1.30. The van der Waals surface area contributed by atoms with Gasteiger partial charge >= 0.3 is 0 Å². The predicted molar refractivity (Wildman–Crippen MR) is 35.6 cm³/mol. The van der Waals surface area contributed by atoms with Crippen molar-refractivity contribution in [3.63, 3.8) is 0 Å². The van der Waals surface area contributed by atoms with E-state index in [1.165, 1.54) is 19.5 Å². The Morgan fingerprint density at radius 3 is 2.62 bits per heavy atom. The molecule has 0 bridgehead atoms. The van der Waals surface area contributed by atoms with Crippen molar-refractivity contribution in [2.45, 2.75) is 25.8 Å². The summed E-state index contributed by atoms with van der Waals surface area (Å²) in [6.45, 7) is 8.73. The Morgan fingerprint density at radius 1 is 1.62 bits per heavy atom. The lowest BCUT2D eigenvalue weighted by molar-refractivity contribution is 0.405. The van der Waals surface area contributed by atoms with Crippen molar-refractivity contribution in [3.8, 4) is 0 Å². The molecule has 0 saturated carbocycles. The number of nitrogens with zero attached hydrogens (tertiary/aromatic N) is 1. The van der Waals surface area contributed by atoms with Crippen molar-refractivity contribution in [2.75, 3.05) is 13.1 Å². The lowest BCUT2D eigenvalue weighted by Gasteiger charge is -2.08. The molecule has 1 heterocycles. The van der Waals surface area contributed by atoms with E-state index < -0.39 is 0 Å². The smallest absolute Gasteiger partial charge is 0.0113 e. The molecule has 1 aliphatic heterocycles. The monoisotopic (exact) mass is 112 g/mol. The molecule has 0 N–H and O–H groups in total. The number of hydrogen-bond donors (Lipinski definition) is 0. The summed E-state index contributed by atoms with van der Waals surface area (Å²) in [5.41, 5.74) is 0. The topological polar surface area (TPSA) is 3.01 Å². The van der Waals surface area contributed by atoms with E-state index in [0.717, 1.165) is 12.5 Å². The van der Waals surface area contributed by atoms with Crippen molar-refractivity contribution in [1.29, 1.82) is 0 Å². The Morgan fingerprint density at radius 2 is 2.25 bits per heavy atom. The van der Waals surface area contributed by atoms with Crippen molar-refractivity contribution < 1.29 is 0 Å². The maximum Gasteiger partial charge on any atom is 0.0113 e. The minimum atomic E-state index is 0.799. The maximum absolute atomic E-state index is 3.81. The fourth-order valence-corrected chi connectivity index (χ4v) is 0.976. The molecule has 1 radical (unpaired) electrons. The first-order chi connectivity index (χ1) is 3.84. The van der Waals surface area contributed by atoms with Gasteiger partial charge in [-0.15, -0.1) is 0 Å². The molecular formula is C7H14N. The molecule has 8 heavy (non-hydrogen) atoms. The van der Waals surface area contributed by atoms with Gasteiger partial charge in [0.1, 0.15) is 0 Å². The highest BCUT2D eigenvalue weighted by atomic mass is 15.3. The summed E-state index contributed by atoms with van der Waals surface area (Å²) in [7, 11) is 0. The minimum absolute atomic E-state index is 0.799. The molecule has 47 valence electrons. The van der Waals surface area contributed by atoms with Crippen LogP contribution in [0.3, 0.4) is 0 Å². The van der Waals surface area contributed by atoms with E-state index in [9.17, 15) is 0 Å². The van der Waals surface area contributed by atoms with E-state index in [-0.39, 0.29) is 0 Å². The molecular weight excluding hydrogens is 98.1 g/mol. The highest BCUT2D eigenvalue weighted by Crippen LogP contribution is 2.13. The first kappa shape index (κ1) is 6.09. The van der Waals surface area contributed by atoms with Crippen LogP contribution in [0.2, 0.25) is 0 Å². The molecule has 1 heteroatoms. The van der Waals surface area contributed by atoms with Gasteiger partial charge in [0, 0.05) is 19.1 Å². The molecule has 1 aliphatic rings. The molecule has 0 aliphatic carbocycles. The molecule has 1 rings (SSSR count). The van der Waals surface area contributed by atoms with E-state index in [1.54, 1.807) is 0 Å². The molecule has 1 fully saturated rings. The van der Waals surface area contributed by atoms with Gasteiger partial charge < -0.3 is 0 Å². The highest BCUT2D eigenvalue weighted by molar-refractivity contribution is 4.78. The fourth-order valence-electron chi connectivity index (χ4n) is 0.976. The third-order valence-corrected chi connectivity index (χ3v) is 1.73. The zero-order valence-electron chi connectivity index (χ0n) is 5.56. The van der Waals surface area contributed by atoms with E-state index in [2.05, 4.69) is 18.7 Å². The Balaban J connectivity index is 2.03. The zero-order chi connectivity index (χ0) is 5.98. The van der Waals surface area contributed by atoms with Crippen molar-refractivity contribution in [1.82, 2.24) is 4.90 Å². The van der Waals surface area contributed by atoms with Gasteiger partial charge in [-0.1, -0.05) is 13.3 Å². The van der Waals surface area contributed by atoms with Crippen molar-refractivity contribution in [3.05, 3.63) is 6.92 Å². The van der Waals surface area contributed by atoms with Gasteiger partial charge in [0.15, 0.2) is 0 Å². The number of hydrogen-bond acceptors (Lipinski definition) is 1. The second-order valence-corrected chi connectivity index (χ2v) is 2.53. The van der Waals surface area contributed by atoms with E-state index in [1.807, 2.05) is 0 Å². The molecule has 0 aromatic carbocycles. The Hall–Kier alpha value is -0.0400. The van der Waals surface area contributed by atoms with Crippen molar-refractivity contribution in [2.24, 2.45) is 0 Å². The molecule has 0 aromatic heterocycles. The van der Waals surface area contributed by atoms with Gasteiger partial charge in [-0.05, 0) is 13.3 Å². The normalized spacial score (nSPS) is 23.2. The van der Waals surface area contributed by atoms with E-state index in [4.69, 9.17) is 0 Å². The Labute approximate surface area is 51.7 Å². The Kier molecular flexibility index (Phi) is 1.90. The summed E-state index contributed by atoms with van der Waals surface area (Å²) in [5, 5.41) is 0. The van der Waals surface area contributed by atoms with Gasteiger partial charge in [-0.3, -0.25) is 4.90 Å². The van der Waals surface area contributed by atoms with Crippen LogP contribution in [0.1, 0.15) is 19.8 Å². The summed E-state index contributed by atoms with van der Waals surface area (Å²) >= 11 is 0. The second kappa shape index (κ2) is 2.49. The highest BCUT2D eigenvalue weighted by Gasteiger charge is 2.22. The zero-order valence-corrected chi connectivity index (χ0v) is 5.56.